The molecule has 2 N–H and O–H groups in total. The van der Waals surface area contributed by atoms with E-state index in [1.165, 1.54) is 18.2 Å². The van der Waals surface area contributed by atoms with Crippen LogP contribution in [0.2, 0.25) is 5.02 Å². The number of carbonyl (C=O) groups is 2. The molecule has 0 unspecified atom stereocenters. The number of benzene rings is 2. The third-order valence-corrected chi connectivity index (χ3v) is 9.28. The van der Waals surface area contributed by atoms with Crippen LogP contribution in [0.3, 0.4) is 0 Å². The zero-order valence-electron chi connectivity index (χ0n) is 23.8. The van der Waals surface area contributed by atoms with E-state index in [0.29, 0.717) is 45.3 Å². The topological polar surface area (TPSA) is 122 Å². The fraction of sp³-hybridized carbons (Fsp3) is 0.500. The van der Waals surface area contributed by atoms with E-state index in [9.17, 15) is 43.9 Å². The third-order valence-electron chi connectivity index (χ3n) is 7.24. The Labute approximate surface area is 263 Å². The Hall–Kier alpha value is -3.31. The minimum atomic E-state index is -5.08. The minimum absolute atomic E-state index is 0.0566. The van der Waals surface area contributed by atoms with Crippen molar-refractivity contribution < 1.29 is 63.3 Å². The van der Waals surface area contributed by atoms with Gasteiger partial charge in [0.05, 0.1) is 10.8 Å². The van der Waals surface area contributed by atoms with Crippen LogP contribution in [0.25, 0.3) is 0 Å². The average Bonchev–Trinajstić information content (AvgIpc) is 3.82. The molecule has 254 valence electrons. The first-order valence-electron chi connectivity index (χ1n) is 13.9. The molecule has 3 fully saturated rings. The quantitative estimate of drug-likeness (QED) is 0.298. The second-order valence-corrected chi connectivity index (χ2v) is 13.4. The van der Waals surface area contributed by atoms with Crippen molar-refractivity contribution in [2.75, 3.05) is 13.1 Å². The Morgan fingerprint density at radius 1 is 0.935 bits per heavy atom. The van der Waals surface area contributed by atoms with Crippen molar-refractivity contribution in [1.82, 2.24) is 9.62 Å². The van der Waals surface area contributed by atoms with E-state index >= 15 is 0 Å². The third kappa shape index (κ3) is 10.4. The van der Waals surface area contributed by atoms with Crippen LogP contribution in [0.5, 0.6) is 11.5 Å². The first-order valence-corrected chi connectivity index (χ1v) is 15.9. The molecule has 1 saturated heterocycles. The van der Waals surface area contributed by atoms with Crippen LogP contribution in [-0.2, 0) is 21.4 Å². The highest BCUT2D eigenvalue weighted by Crippen LogP contribution is 2.43. The molecule has 3 aliphatic rings. The Balaban J connectivity index is 0.000000617. The largest absolute Gasteiger partial charge is 0.573 e. The van der Waals surface area contributed by atoms with E-state index in [-0.39, 0.29) is 28.4 Å². The van der Waals surface area contributed by atoms with Gasteiger partial charge in [-0.05, 0) is 79.8 Å². The van der Waals surface area contributed by atoms with Crippen molar-refractivity contribution in [3.63, 3.8) is 0 Å². The highest BCUT2D eigenvalue weighted by atomic mass is 35.5. The fourth-order valence-electron chi connectivity index (χ4n) is 4.78. The first kappa shape index (κ1) is 35.5. The number of alkyl halides is 6. The molecule has 0 radical (unpaired) electrons. The number of carbonyl (C=O) groups excluding carboxylic acids is 1. The van der Waals surface area contributed by atoms with Crippen molar-refractivity contribution in [2.24, 2.45) is 0 Å². The highest BCUT2D eigenvalue weighted by molar-refractivity contribution is 7.91. The number of amides is 1. The lowest BCUT2D eigenvalue weighted by Crippen LogP contribution is -2.38. The second-order valence-electron chi connectivity index (χ2n) is 11.0. The maximum Gasteiger partial charge on any atom is 0.573 e. The molecule has 46 heavy (non-hydrogen) atoms. The van der Waals surface area contributed by atoms with Gasteiger partial charge in [0.2, 0.25) is 10.0 Å². The summed E-state index contributed by atoms with van der Waals surface area (Å²) in [4.78, 5) is 23.6. The lowest BCUT2D eigenvalue weighted by Gasteiger charge is -2.32. The number of piperidine rings is 1. The van der Waals surface area contributed by atoms with E-state index in [2.05, 4.69) is 9.64 Å². The molecule has 5 rings (SSSR count). The van der Waals surface area contributed by atoms with Gasteiger partial charge < -0.3 is 14.6 Å². The number of halogens is 8. The number of hydrogen-bond acceptors (Lipinski definition) is 7. The summed E-state index contributed by atoms with van der Waals surface area (Å²) < 4.78 is 121. The zero-order valence-corrected chi connectivity index (χ0v) is 25.3. The van der Waals surface area contributed by atoms with Gasteiger partial charge in [-0.3, -0.25) is 9.69 Å². The number of likely N-dealkylation sites (tertiary alicyclic amines) is 1. The first-order chi connectivity index (χ1) is 21.3. The molecule has 0 atom stereocenters. The number of nitrogens with one attached hydrogen (secondary N) is 1. The van der Waals surface area contributed by atoms with Crippen LogP contribution in [0.1, 0.15) is 65.9 Å². The summed E-state index contributed by atoms with van der Waals surface area (Å²) in [5.74, 6) is -4.56. The Kier molecular flexibility index (Phi) is 10.7. The highest BCUT2D eigenvalue weighted by Gasteiger charge is 2.39. The Morgan fingerprint density at radius 2 is 1.52 bits per heavy atom. The molecular weight excluding hydrogens is 677 g/mol. The van der Waals surface area contributed by atoms with Gasteiger partial charge in [-0.15, -0.1) is 13.2 Å². The van der Waals surface area contributed by atoms with Gasteiger partial charge in [-0.2, -0.15) is 13.2 Å². The number of sulfonamides is 1. The summed E-state index contributed by atoms with van der Waals surface area (Å²) in [6.07, 6.45) is -6.20. The molecule has 1 aliphatic heterocycles. The minimum Gasteiger partial charge on any atom is -0.490 e. The Morgan fingerprint density at radius 3 is 2.04 bits per heavy atom. The number of hydrogen-bond donors (Lipinski definition) is 2. The van der Waals surface area contributed by atoms with Crippen LogP contribution in [0.15, 0.2) is 30.3 Å². The summed E-state index contributed by atoms with van der Waals surface area (Å²) in [5, 5.41) is 6.59. The molecule has 9 nitrogen and oxygen atoms in total. The van der Waals surface area contributed by atoms with Crippen molar-refractivity contribution >= 4 is 33.5 Å². The summed E-state index contributed by atoms with van der Waals surface area (Å²) in [6, 6.07) is 6.43. The van der Waals surface area contributed by atoms with Crippen LogP contribution >= 0.6 is 11.6 Å². The predicted octanol–water partition coefficient (Wildman–Crippen LogP) is 6.15. The molecule has 0 spiro atoms. The molecule has 0 aromatic heterocycles. The fourth-order valence-corrected chi connectivity index (χ4v) is 6.29. The standard InChI is InChI=1S/C26H27ClF4N2O5S.C2HF3O2/c27-17-10-19(12-20(11-17)38-26(29,30)31)37-18-5-7-33(8-6-18)14-16-9-24(28)23(13-22(16)15-1-2-15)25(34)32-39(35,36)21-3-4-21;3-2(4,5)1(6)7/h9-13,15,18,21H,1-8,14H2,(H,32,34);(H,6,7). The van der Waals surface area contributed by atoms with E-state index in [4.69, 9.17) is 26.2 Å². The van der Waals surface area contributed by atoms with Gasteiger partial charge in [-0.1, -0.05) is 11.6 Å². The van der Waals surface area contributed by atoms with E-state index in [1.54, 1.807) is 0 Å². The van der Waals surface area contributed by atoms with Gasteiger partial charge in [0, 0.05) is 30.7 Å². The zero-order chi connectivity index (χ0) is 34.0. The monoisotopic (exact) mass is 704 g/mol. The lowest BCUT2D eigenvalue weighted by atomic mass is 9.97. The molecule has 2 aromatic rings. The Bertz CT molecular complexity index is 1550. The number of carboxylic acid groups (broad SMARTS) is 1. The molecule has 2 aliphatic carbocycles. The molecule has 2 aromatic carbocycles. The number of carboxylic acids is 1. The van der Waals surface area contributed by atoms with Crippen LogP contribution < -0.4 is 14.2 Å². The van der Waals surface area contributed by atoms with Gasteiger partial charge in [0.15, 0.2) is 0 Å². The smallest absolute Gasteiger partial charge is 0.490 e. The number of rotatable bonds is 9. The molecule has 1 heterocycles. The maximum absolute atomic E-state index is 15.0. The van der Waals surface area contributed by atoms with Gasteiger partial charge in [0.1, 0.15) is 23.4 Å². The SMILES string of the molecule is O=C(NS(=O)(=O)C1CC1)c1cc(C2CC2)c(CN2CCC(Oc3cc(Cl)cc(OC(F)(F)F)c3)CC2)cc1F.O=C(O)C(F)(F)F. The second kappa shape index (κ2) is 13.8. The normalized spacial score (nSPS) is 17.9. The van der Waals surface area contributed by atoms with Gasteiger partial charge >= 0.3 is 18.5 Å². The van der Waals surface area contributed by atoms with E-state index in [1.807, 2.05) is 4.72 Å². The molecule has 18 heteroatoms. The number of nitrogens with zero attached hydrogens (tertiary/aromatic N) is 1. The number of aliphatic carboxylic acids is 1. The van der Waals surface area contributed by atoms with Crippen molar-refractivity contribution in [3.8, 4) is 11.5 Å². The molecule has 2 saturated carbocycles. The van der Waals surface area contributed by atoms with Crippen molar-refractivity contribution in [3.05, 3.63) is 57.9 Å². The predicted molar refractivity (Wildman–Crippen MR) is 149 cm³/mol. The summed E-state index contributed by atoms with van der Waals surface area (Å²) >= 11 is 5.93. The summed E-state index contributed by atoms with van der Waals surface area (Å²) in [7, 11) is -3.79. The van der Waals surface area contributed by atoms with Crippen LogP contribution in [-0.4, -0.2) is 67.3 Å². The summed E-state index contributed by atoms with van der Waals surface area (Å²) in [6.45, 7) is 1.65. The molecular formula is C28H28ClF7N2O7S. The van der Waals surface area contributed by atoms with Gasteiger partial charge in [0.25, 0.3) is 5.91 Å². The van der Waals surface area contributed by atoms with Crippen LogP contribution in [0.4, 0.5) is 30.7 Å². The molecule has 1 amide bonds. The molecule has 0 bridgehead atoms. The summed E-state index contributed by atoms with van der Waals surface area (Å²) in [5.41, 5.74) is 1.33. The van der Waals surface area contributed by atoms with Crippen LogP contribution in [0, 0.1) is 5.82 Å². The van der Waals surface area contributed by atoms with Gasteiger partial charge in [-0.25, -0.2) is 22.3 Å². The average molecular weight is 705 g/mol. The number of ether oxygens (including phenoxy) is 2. The van der Waals surface area contributed by atoms with E-state index < -0.39 is 51.3 Å². The van der Waals surface area contributed by atoms with Crippen molar-refractivity contribution in [1.29, 1.82) is 0 Å². The lowest BCUT2D eigenvalue weighted by molar-refractivity contribution is -0.274. The maximum atomic E-state index is 15.0. The van der Waals surface area contributed by atoms with Crippen molar-refractivity contribution in [2.45, 2.75) is 74.9 Å². The van der Waals surface area contributed by atoms with E-state index in [0.717, 1.165) is 36.1 Å².